The third-order valence-electron chi connectivity index (χ3n) is 5.96. The lowest BCUT2D eigenvalue weighted by molar-refractivity contribution is 0.0996. The first-order valence-corrected chi connectivity index (χ1v) is 10.7. The van der Waals surface area contributed by atoms with E-state index in [1.807, 2.05) is 16.5 Å². The number of anilines is 3. The first-order chi connectivity index (χ1) is 16.0. The lowest BCUT2D eigenvalue weighted by atomic mass is 10.1. The maximum atomic E-state index is 14.3. The number of hydrogen-bond donors (Lipinski definition) is 2. The fourth-order valence-electron chi connectivity index (χ4n) is 4.05. The lowest BCUT2D eigenvalue weighted by Crippen LogP contribution is -2.44. The molecule has 8 nitrogen and oxygen atoms in total. The SMILES string of the molecule is CN1CCN(c2ccc(Nc3ncc(-c4ccc(C(N)=O)c(F)c4)n4ccnc34)cc2)CC1. The molecule has 0 radical (unpaired) electrons. The van der Waals surface area contributed by atoms with E-state index in [-0.39, 0.29) is 5.56 Å². The van der Waals surface area contributed by atoms with Crippen molar-refractivity contribution in [1.82, 2.24) is 19.3 Å². The molecule has 168 valence electrons. The Hall–Kier alpha value is -3.98. The summed E-state index contributed by atoms with van der Waals surface area (Å²) in [4.78, 5) is 25.0. The molecule has 0 unspecified atom stereocenters. The van der Waals surface area contributed by atoms with Gasteiger partial charge in [-0.3, -0.25) is 9.20 Å². The van der Waals surface area contributed by atoms with Crippen molar-refractivity contribution in [3.05, 3.63) is 72.4 Å². The molecule has 1 aliphatic heterocycles. The van der Waals surface area contributed by atoms with E-state index in [2.05, 4.69) is 44.3 Å². The summed E-state index contributed by atoms with van der Waals surface area (Å²) >= 11 is 0. The molecule has 4 aromatic rings. The number of carbonyl (C=O) groups excluding carboxylic acids is 1. The van der Waals surface area contributed by atoms with Gasteiger partial charge in [0, 0.05) is 55.5 Å². The highest BCUT2D eigenvalue weighted by atomic mass is 19.1. The molecule has 0 saturated carbocycles. The summed E-state index contributed by atoms with van der Waals surface area (Å²) in [6, 6.07) is 12.6. The number of benzene rings is 2. The van der Waals surface area contributed by atoms with Crippen LogP contribution in [0.15, 0.2) is 61.1 Å². The number of piperazine rings is 1. The van der Waals surface area contributed by atoms with Crippen LogP contribution in [0, 0.1) is 5.82 Å². The fraction of sp³-hybridized carbons (Fsp3) is 0.208. The van der Waals surface area contributed by atoms with Gasteiger partial charge in [0.1, 0.15) is 5.82 Å². The summed E-state index contributed by atoms with van der Waals surface area (Å²) < 4.78 is 16.1. The predicted molar refractivity (Wildman–Crippen MR) is 126 cm³/mol. The van der Waals surface area contributed by atoms with Crippen molar-refractivity contribution >= 4 is 28.7 Å². The number of nitrogens with two attached hydrogens (primary N) is 1. The van der Waals surface area contributed by atoms with Crippen LogP contribution in [-0.4, -0.2) is 58.4 Å². The number of rotatable bonds is 5. The Morgan fingerprint density at radius 3 is 2.52 bits per heavy atom. The summed E-state index contributed by atoms with van der Waals surface area (Å²) in [6.07, 6.45) is 5.10. The molecule has 0 bridgehead atoms. The Labute approximate surface area is 190 Å². The number of primary amides is 1. The second-order valence-corrected chi connectivity index (χ2v) is 8.13. The molecular weight excluding hydrogens is 421 g/mol. The minimum absolute atomic E-state index is 0.146. The molecule has 3 heterocycles. The van der Waals surface area contributed by atoms with E-state index in [0.717, 1.165) is 31.9 Å². The number of nitrogens with one attached hydrogen (secondary N) is 1. The largest absolute Gasteiger partial charge is 0.369 e. The van der Waals surface area contributed by atoms with E-state index in [1.165, 1.54) is 17.8 Å². The lowest BCUT2D eigenvalue weighted by Gasteiger charge is -2.34. The maximum Gasteiger partial charge on any atom is 0.251 e. The second-order valence-electron chi connectivity index (χ2n) is 8.13. The predicted octanol–water partition coefficient (Wildman–Crippen LogP) is 3.13. The van der Waals surface area contributed by atoms with Crippen molar-refractivity contribution in [3.63, 3.8) is 0 Å². The summed E-state index contributed by atoms with van der Waals surface area (Å²) in [6.45, 7) is 4.15. The van der Waals surface area contributed by atoms with E-state index >= 15 is 0 Å². The Kier molecular flexibility index (Phi) is 5.39. The van der Waals surface area contributed by atoms with Crippen LogP contribution in [0.3, 0.4) is 0 Å². The Morgan fingerprint density at radius 2 is 1.82 bits per heavy atom. The van der Waals surface area contributed by atoms with Gasteiger partial charge in [-0.15, -0.1) is 0 Å². The van der Waals surface area contributed by atoms with Crippen LogP contribution in [0.1, 0.15) is 10.4 Å². The first-order valence-electron chi connectivity index (χ1n) is 10.7. The van der Waals surface area contributed by atoms with Crippen LogP contribution in [-0.2, 0) is 0 Å². The van der Waals surface area contributed by atoms with Crippen molar-refractivity contribution in [2.75, 3.05) is 43.4 Å². The number of hydrogen-bond acceptors (Lipinski definition) is 6. The van der Waals surface area contributed by atoms with Crippen LogP contribution in [0.5, 0.6) is 0 Å². The first kappa shape index (κ1) is 20.9. The third kappa shape index (κ3) is 4.10. The molecule has 9 heteroatoms. The van der Waals surface area contributed by atoms with E-state index < -0.39 is 11.7 Å². The van der Waals surface area contributed by atoms with Crippen LogP contribution >= 0.6 is 0 Å². The third-order valence-corrected chi connectivity index (χ3v) is 5.96. The van der Waals surface area contributed by atoms with Crippen LogP contribution < -0.4 is 16.0 Å². The molecule has 1 saturated heterocycles. The normalized spacial score (nSPS) is 14.5. The topological polar surface area (TPSA) is 91.8 Å². The zero-order chi connectivity index (χ0) is 22.9. The number of likely N-dealkylation sites (N-methyl/N-ethyl adjacent to an activating group) is 1. The van der Waals surface area contributed by atoms with Gasteiger partial charge in [0.25, 0.3) is 5.91 Å². The highest BCUT2D eigenvalue weighted by Crippen LogP contribution is 2.27. The molecule has 2 aromatic heterocycles. The van der Waals surface area contributed by atoms with Gasteiger partial charge in [-0.25, -0.2) is 14.4 Å². The molecule has 1 aliphatic rings. The Morgan fingerprint density at radius 1 is 1.06 bits per heavy atom. The minimum Gasteiger partial charge on any atom is -0.369 e. The van der Waals surface area contributed by atoms with Crippen LogP contribution in [0.25, 0.3) is 16.9 Å². The van der Waals surface area contributed by atoms with Crippen LogP contribution in [0.4, 0.5) is 21.6 Å². The van der Waals surface area contributed by atoms with Gasteiger partial charge >= 0.3 is 0 Å². The minimum atomic E-state index is -0.803. The molecule has 1 fully saturated rings. The number of aromatic nitrogens is 3. The molecule has 0 aliphatic carbocycles. The summed E-state index contributed by atoms with van der Waals surface area (Å²) in [5.41, 5.74) is 8.98. The monoisotopic (exact) mass is 445 g/mol. The number of amides is 1. The van der Waals surface area contributed by atoms with Crippen molar-refractivity contribution in [2.24, 2.45) is 5.73 Å². The zero-order valence-electron chi connectivity index (χ0n) is 18.2. The smallest absolute Gasteiger partial charge is 0.251 e. The van der Waals surface area contributed by atoms with E-state index in [1.54, 1.807) is 24.7 Å². The molecule has 3 N–H and O–H groups in total. The number of imidazole rings is 1. The highest BCUT2D eigenvalue weighted by molar-refractivity contribution is 5.93. The molecule has 33 heavy (non-hydrogen) atoms. The average molecular weight is 446 g/mol. The number of carbonyl (C=O) groups is 1. The van der Waals surface area contributed by atoms with Gasteiger partial charge in [-0.2, -0.15) is 0 Å². The Bertz CT molecular complexity index is 1310. The van der Waals surface area contributed by atoms with Crippen LogP contribution in [0.2, 0.25) is 0 Å². The van der Waals surface area contributed by atoms with Gasteiger partial charge < -0.3 is 20.9 Å². The summed E-state index contributed by atoms with van der Waals surface area (Å²) in [5, 5.41) is 3.33. The van der Waals surface area contributed by atoms with Gasteiger partial charge in [0.05, 0.1) is 17.5 Å². The Balaban J connectivity index is 1.40. The fourth-order valence-corrected chi connectivity index (χ4v) is 4.05. The quantitative estimate of drug-likeness (QED) is 0.490. The molecule has 2 aromatic carbocycles. The molecule has 0 atom stereocenters. The molecular formula is C24H24FN7O. The van der Waals surface area contributed by atoms with Gasteiger partial charge in [0.2, 0.25) is 0 Å². The highest BCUT2D eigenvalue weighted by Gasteiger charge is 2.16. The van der Waals surface area contributed by atoms with Crippen molar-refractivity contribution < 1.29 is 9.18 Å². The molecule has 0 spiro atoms. The molecule has 5 rings (SSSR count). The zero-order valence-corrected chi connectivity index (χ0v) is 18.2. The van der Waals surface area contributed by atoms with Gasteiger partial charge in [-0.05, 0) is 43.4 Å². The van der Waals surface area contributed by atoms with Crippen molar-refractivity contribution in [2.45, 2.75) is 0 Å². The average Bonchev–Trinajstić information content (AvgIpc) is 3.31. The second kappa shape index (κ2) is 8.51. The van der Waals surface area contributed by atoms with Gasteiger partial charge in [0.15, 0.2) is 11.5 Å². The number of nitrogens with zero attached hydrogens (tertiary/aromatic N) is 5. The van der Waals surface area contributed by atoms with E-state index in [0.29, 0.717) is 22.7 Å². The summed E-state index contributed by atoms with van der Waals surface area (Å²) in [7, 11) is 2.14. The van der Waals surface area contributed by atoms with Crippen molar-refractivity contribution in [1.29, 1.82) is 0 Å². The number of fused-ring (bicyclic) bond motifs is 1. The number of halogens is 1. The van der Waals surface area contributed by atoms with E-state index in [4.69, 9.17) is 5.73 Å². The van der Waals surface area contributed by atoms with Crippen molar-refractivity contribution in [3.8, 4) is 11.3 Å². The molecule has 1 amide bonds. The summed E-state index contributed by atoms with van der Waals surface area (Å²) in [5.74, 6) is -0.885. The maximum absolute atomic E-state index is 14.3. The van der Waals surface area contributed by atoms with Gasteiger partial charge in [-0.1, -0.05) is 6.07 Å². The standard InChI is InChI=1S/C24H24FN7O/c1-30-10-12-31(13-11-30)18-5-3-17(4-6-18)29-23-24-27-8-9-32(24)21(15-28-23)16-2-7-19(22(26)33)20(25)14-16/h2-9,14-15H,10-13H2,1H3,(H2,26,33)(H,28,29). The van der Waals surface area contributed by atoms with E-state index in [9.17, 15) is 9.18 Å².